The predicted molar refractivity (Wildman–Crippen MR) is 68.8 cm³/mol. The Hall–Kier alpha value is -2.50. The first kappa shape index (κ1) is 10.4. The highest BCUT2D eigenvalue weighted by atomic mass is 16.1. The van der Waals surface area contributed by atoms with Crippen LogP contribution in [0.15, 0.2) is 35.4 Å². The summed E-state index contributed by atoms with van der Waals surface area (Å²) in [5, 5.41) is 2.93. The first-order valence-corrected chi connectivity index (χ1v) is 6.21. The lowest BCUT2D eigenvalue weighted by Gasteiger charge is -1.96. The lowest BCUT2D eigenvalue weighted by Crippen LogP contribution is -2.13. The Morgan fingerprint density at radius 2 is 2.00 bits per heavy atom. The number of rotatable bonds is 2. The molecule has 0 amide bonds. The Bertz CT molecular complexity index is 801. The maximum Gasteiger partial charge on any atom is 0.271 e. The minimum Gasteiger partial charge on any atom is -0.270 e. The number of hydrogen-bond donors (Lipinski definition) is 1. The average molecular weight is 253 g/mol. The van der Waals surface area contributed by atoms with Gasteiger partial charge in [0.1, 0.15) is 0 Å². The predicted octanol–water partition coefficient (Wildman–Crippen LogP) is 1.36. The van der Waals surface area contributed by atoms with E-state index in [-0.39, 0.29) is 5.56 Å². The van der Waals surface area contributed by atoms with Crippen molar-refractivity contribution in [3.8, 4) is 11.6 Å². The molecule has 0 bridgehead atoms. The molecule has 3 aromatic heterocycles. The minimum absolute atomic E-state index is 0.0888. The van der Waals surface area contributed by atoms with E-state index in [4.69, 9.17) is 0 Å². The fourth-order valence-electron chi connectivity index (χ4n) is 2.19. The maximum absolute atomic E-state index is 12.0. The standard InChI is InChI=1S/C13H11N5O/c19-11-7-9(8-2-3-8)6-10-16-13(17-18(10)11)12-14-4-1-5-15-12/h1,4-8H,2-3H2,(H,16,17). The fraction of sp³-hybridized carbons (Fsp3) is 0.231. The summed E-state index contributed by atoms with van der Waals surface area (Å²) in [4.78, 5) is 24.7. The van der Waals surface area contributed by atoms with Gasteiger partial charge in [0, 0.05) is 18.5 Å². The van der Waals surface area contributed by atoms with Crippen molar-refractivity contribution < 1.29 is 0 Å². The summed E-state index contributed by atoms with van der Waals surface area (Å²) in [7, 11) is 0. The fourth-order valence-corrected chi connectivity index (χ4v) is 2.19. The highest BCUT2D eigenvalue weighted by Gasteiger charge is 2.24. The van der Waals surface area contributed by atoms with Gasteiger partial charge in [0.25, 0.3) is 5.56 Å². The molecule has 0 saturated heterocycles. The number of aromatic amines is 1. The van der Waals surface area contributed by atoms with Gasteiger partial charge in [0.05, 0.1) is 0 Å². The van der Waals surface area contributed by atoms with Crippen molar-refractivity contribution in [2.75, 3.05) is 0 Å². The molecule has 4 rings (SSSR count). The van der Waals surface area contributed by atoms with E-state index in [2.05, 4.69) is 20.1 Å². The Morgan fingerprint density at radius 3 is 2.74 bits per heavy atom. The molecule has 0 atom stereocenters. The van der Waals surface area contributed by atoms with Crippen LogP contribution in [-0.4, -0.2) is 24.6 Å². The third kappa shape index (κ3) is 1.72. The molecule has 3 aromatic rings. The van der Waals surface area contributed by atoms with Gasteiger partial charge in [-0.05, 0) is 36.5 Å². The van der Waals surface area contributed by atoms with E-state index >= 15 is 0 Å². The van der Waals surface area contributed by atoms with Crippen LogP contribution >= 0.6 is 0 Å². The number of hydrogen-bond acceptors (Lipinski definition) is 4. The summed E-state index contributed by atoms with van der Waals surface area (Å²) in [6.45, 7) is 0. The number of pyridine rings is 1. The molecule has 3 heterocycles. The molecule has 1 aliphatic carbocycles. The van der Waals surface area contributed by atoms with Crippen molar-refractivity contribution in [2.24, 2.45) is 0 Å². The summed E-state index contributed by atoms with van der Waals surface area (Å²) in [5.41, 5.74) is 1.61. The van der Waals surface area contributed by atoms with Gasteiger partial charge in [-0.25, -0.2) is 15.0 Å². The van der Waals surface area contributed by atoms with Gasteiger partial charge in [0.15, 0.2) is 17.3 Å². The Labute approximate surface area is 108 Å². The van der Waals surface area contributed by atoms with Gasteiger partial charge in [-0.15, -0.1) is 0 Å². The summed E-state index contributed by atoms with van der Waals surface area (Å²) in [5.74, 6) is 1.52. The summed E-state index contributed by atoms with van der Waals surface area (Å²) in [6.07, 6.45) is 5.62. The second-order valence-corrected chi connectivity index (χ2v) is 4.74. The first-order chi connectivity index (χ1) is 9.31. The van der Waals surface area contributed by atoms with Gasteiger partial charge >= 0.3 is 0 Å². The summed E-state index contributed by atoms with van der Waals surface area (Å²) >= 11 is 0. The molecule has 0 unspecified atom stereocenters. The zero-order valence-electron chi connectivity index (χ0n) is 10.1. The van der Waals surface area contributed by atoms with E-state index in [1.165, 1.54) is 4.52 Å². The molecule has 6 nitrogen and oxygen atoms in total. The Morgan fingerprint density at radius 1 is 1.21 bits per heavy atom. The van der Waals surface area contributed by atoms with Crippen LogP contribution in [-0.2, 0) is 0 Å². The third-order valence-corrected chi connectivity index (χ3v) is 3.31. The molecular formula is C13H11N5O. The quantitative estimate of drug-likeness (QED) is 0.748. The zero-order valence-corrected chi connectivity index (χ0v) is 10.1. The van der Waals surface area contributed by atoms with Crippen molar-refractivity contribution in [1.29, 1.82) is 0 Å². The van der Waals surface area contributed by atoms with Gasteiger partial charge < -0.3 is 0 Å². The molecule has 19 heavy (non-hydrogen) atoms. The van der Waals surface area contributed by atoms with Gasteiger partial charge in [0.2, 0.25) is 0 Å². The summed E-state index contributed by atoms with van der Waals surface area (Å²) < 4.78 is 1.43. The van der Waals surface area contributed by atoms with Crippen LogP contribution in [0.3, 0.4) is 0 Å². The maximum atomic E-state index is 12.0. The van der Waals surface area contributed by atoms with E-state index in [0.717, 1.165) is 18.4 Å². The number of fused-ring (bicyclic) bond motifs is 1. The van der Waals surface area contributed by atoms with Crippen LogP contribution in [0.1, 0.15) is 24.3 Å². The lowest BCUT2D eigenvalue weighted by atomic mass is 10.2. The lowest BCUT2D eigenvalue weighted by molar-refractivity contribution is 0.906. The van der Waals surface area contributed by atoms with E-state index in [1.54, 1.807) is 24.5 Å². The molecule has 0 radical (unpaired) electrons. The third-order valence-electron chi connectivity index (χ3n) is 3.31. The normalized spacial score (nSPS) is 14.9. The van der Waals surface area contributed by atoms with Crippen molar-refractivity contribution in [2.45, 2.75) is 18.8 Å². The number of nitrogens with zero attached hydrogens (tertiary/aromatic N) is 4. The topological polar surface area (TPSA) is 75.9 Å². The van der Waals surface area contributed by atoms with Crippen molar-refractivity contribution in [3.63, 3.8) is 0 Å². The molecule has 1 saturated carbocycles. The summed E-state index contributed by atoms with van der Waals surface area (Å²) in [6, 6.07) is 5.38. The zero-order chi connectivity index (χ0) is 12.8. The van der Waals surface area contributed by atoms with Crippen LogP contribution in [0.25, 0.3) is 17.3 Å². The number of nitrogens with one attached hydrogen (secondary N) is 1. The largest absolute Gasteiger partial charge is 0.271 e. The van der Waals surface area contributed by atoms with Crippen molar-refractivity contribution in [3.05, 3.63) is 46.5 Å². The monoisotopic (exact) mass is 253 g/mol. The van der Waals surface area contributed by atoms with Gasteiger partial charge in [-0.3, -0.25) is 9.89 Å². The second-order valence-electron chi connectivity index (χ2n) is 4.74. The number of H-pyrrole nitrogens is 1. The highest BCUT2D eigenvalue weighted by Crippen LogP contribution is 2.39. The Kier molecular flexibility index (Phi) is 2.05. The van der Waals surface area contributed by atoms with Crippen LogP contribution in [0.5, 0.6) is 0 Å². The molecule has 6 heteroatoms. The molecule has 0 aromatic carbocycles. The van der Waals surface area contributed by atoms with Crippen LogP contribution in [0.4, 0.5) is 0 Å². The SMILES string of the molecule is O=c1cc(C2CC2)cc2nc(-c3ncccn3)[nH]n12. The molecule has 0 aliphatic heterocycles. The average Bonchev–Trinajstić information content (AvgIpc) is 3.19. The van der Waals surface area contributed by atoms with E-state index in [0.29, 0.717) is 23.2 Å². The highest BCUT2D eigenvalue weighted by molar-refractivity contribution is 5.51. The van der Waals surface area contributed by atoms with Gasteiger partial charge in [-0.2, -0.15) is 4.52 Å². The minimum atomic E-state index is -0.0888. The molecule has 1 fully saturated rings. The molecular weight excluding hydrogens is 242 g/mol. The smallest absolute Gasteiger partial charge is 0.270 e. The van der Waals surface area contributed by atoms with Gasteiger partial charge in [-0.1, -0.05) is 0 Å². The second kappa shape index (κ2) is 3.74. The Balaban J connectivity index is 1.91. The molecule has 1 N–H and O–H groups in total. The van der Waals surface area contributed by atoms with Crippen molar-refractivity contribution in [1.82, 2.24) is 24.6 Å². The molecule has 94 valence electrons. The van der Waals surface area contributed by atoms with E-state index in [1.807, 2.05) is 6.07 Å². The van der Waals surface area contributed by atoms with Crippen LogP contribution in [0.2, 0.25) is 0 Å². The van der Waals surface area contributed by atoms with E-state index < -0.39 is 0 Å². The molecule has 1 aliphatic rings. The van der Waals surface area contributed by atoms with Crippen LogP contribution in [0, 0.1) is 0 Å². The van der Waals surface area contributed by atoms with Crippen molar-refractivity contribution >= 4 is 5.65 Å². The first-order valence-electron chi connectivity index (χ1n) is 6.21. The van der Waals surface area contributed by atoms with E-state index in [9.17, 15) is 4.79 Å². The number of aromatic nitrogens is 5. The van der Waals surface area contributed by atoms with Crippen LogP contribution < -0.4 is 5.56 Å². The molecule has 0 spiro atoms.